The van der Waals surface area contributed by atoms with Crippen molar-refractivity contribution in [1.82, 2.24) is 0 Å². The minimum atomic E-state index is -1.06. The maximum absolute atomic E-state index is 11.2. The summed E-state index contributed by atoms with van der Waals surface area (Å²) in [5, 5.41) is 16.7. The van der Waals surface area contributed by atoms with E-state index in [0.717, 1.165) is 12.8 Å². The molecule has 100 heavy (non-hydrogen) atoms. The second-order valence-corrected chi connectivity index (χ2v) is 21.6. The zero-order valence-electron chi connectivity index (χ0n) is 60.6. The highest BCUT2D eigenvalue weighted by atomic mass is 16.8. The first-order valence-electron chi connectivity index (χ1n) is 32.5. The molecule has 578 valence electrons. The minimum Gasteiger partial charge on any atom is -0.481 e. The molecular weight excluding hydrogens is 1340 g/mol. The van der Waals surface area contributed by atoms with Crippen LogP contribution in [0.25, 0.3) is 0 Å². The number of carbonyl (C=O) groups is 17. The van der Waals surface area contributed by atoms with Crippen molar-refractivity contribution in [2.75, 3.05) is 99.5 Å². The Morgan fingerprint density at radius 1 is 0.300 bits per heavy atom. The van der Waals surface area contributed by atoms with Crippen LogP contribution < -0.4 is 0 Å². The molecule has 0 fully saturated rings. The molecule has 0 saturated heterocycles. The van der Waals surface area contributed by atoms with Crippen LogP contribution in [0.3, 0.4) is 0 Å². The number of Topliss-reactive ketones (excluding diaryl/α,β-unsaturated/α-hetero) is 4. The third-order valence-electron chi connectivity index (χ3n) is 10.6. The number of unbranched alkanes of at least 4 members (excludes halogenated alkanes) is 3. The van der Waals surface area contributed by atoms with Crippen molar-refractivity contribution in [3.8, 4) is 0 Å². The minimum absolute atomic E-state index is 0.0107. The van der Waals surface area contributed by atoms with Crippen LogP contribution in [0.4, 0.5) is 4.79 Å². The van der Waals surface area contributed by atoms with Crippen LogP contribution >= 0.6 is 0 Å². The highest BCUT2D eigenvalue weighted by Gasteiger charge is 2.23. The summed E-state index contributed by atoms with van der Waals surface area (Å²) in [4.78, 5) is 183. The average molecular weight is 1450 g/mol. The zero-order valence-corrected chi connectivity index (χ0v) is 60.6. The largest absolute Gasteiger partial charge is 0.511 e. The number of esters is 10. The summed E-state index contributed by atoms with van der Waals surface area (Å²) in [7, 11) is 0. The van der Waals surface area contributed by atoms with E-state index in [0.29, 0.717) is 45.5 Å². The lowest BCUT2D eigenvalue weighted by atomic mass is 9.98. The van der Waals surface area contributed by atoms with Gasteiger partial charge in [-0.1, -0.05) is 47.0 Å². The van der Waals surface area contributed by atoms with Gasteiger partial charge >= 0.3 is 77.8 Å². The van der Waals surface area contributed by atoms with E-state index in [-0.39, 0.29) is 190 Å². The van der Waals surface area contributed by atoms with Gasteiger partial charge in [-0.05, 0) is 68.7 Å². The number of carbonyl (C=O) groups excluding carboxylic acids is 15. The van der Waals surface area contributed by atoms with Gasteiger partial charge in [0.1, 0.15) is 62.8 Å². The topological polar surface area (TPSA) is 469 Å². The Morgan fingerprint density at radius 3 is 0.810 bits per heavy atom. The van der Waals surface area contributed by atoms with Crippen molar-refractivity contribution in [2.45, 2.75) is 218 Å². The number of aliphatic carboxylic acids is 2. The van der Waals surface area contributed by atoms with Gasteiger partial charge < -0.3 is 100 Å². The standard InChI is InChI=1S/C13H20O8.C11H18O7.C11H18O5.C11H20O3.C10H16O6.C10H18O5/c1-10(14)2-4-12(17)20-8-6-19-7-9-21-13(18)5-3-11(15)16;1-2-10(14)17-7-5-16-6-8-18-11(15)4-3-9(12)13;1-8(12)5-6-9(13)15-7-16-10(14)11(2,3)4;1-3-4-5-6-9-14-11(13)8-7-10(2)12;1-7(2)16-10(13)15-6-14-9(12)5-4-8(3)11;1-3-9(11)14-7-5-13-6-8-15-10(12)4-2/h2-9H2,1H3,(H,15,16);2-8H2,1H3,(H,12,13);5-7H2,1-4H3;3-9H2,1-2H3;7H,4-6H2,1-3H3;3-8H2,1-2H3. The van der Waals surface area contributed by atoms with Gasteiger partial charge in [0.25, 0.3) is 0 Å². The molecule has 34 heteroatoms. The molecule has 0 aliphatic carbocycles. The van der Waals surface area contributed by atoms with Crippen LogP contribution in [0.15, 0.2) is 0 Å². The third kappa shape index (κ3) is 93.7. The number of ether oxygens (including phenoxy) is 15. The molecule has 34 nitrogen and oxygen atoms in total. The first-order chi connectivity index (χ1) is 47.0. The Morgan fingerprint density at radius 2 is 0.560 bits per heavy atom. The Hall–Kier alpha value is -8.53. The van der Waals surface area contributed by atoms with E-state index in [1.165, 1.54) is 40.5 Å². The van der Waals surface area contributed by atoms with Gasteiger partial charge in [-0.3, -0.25) is 57.5 Å². The second kappa shape index (κ2) is 71.7. The molecular formula is C66H110O34. The molecule has 0 amide bonds. The summed E-state index contributed by atoms with van der Waals surface area (Å²) in [6, 6.07) is 0. The van der Waals surface area contributed by atoms with E-state index >= 15 is 0 Å². The molecule has 2 N–H and O–H groups in total. The highest BCUT2D eigenvalue weighted by molar-refractivity contribution is 5.83. The van der Waals surface area contributed by atoms with Crippen LogP contribution in [-0.4, -0.2) is 217 Å². The molecule has 0 atom stereocenters. The fourth-order valence-corrected chi connectivity index (χ4v) is 5.31. The number of rotatable bonds is 49. The molecule has 0 saturated carbocycles. The smallest absolute Gasteiger partial charge is 0.481 e. The predicted molar refractivity (Wildman–Crippen MR) is 348 cm³/mol. The van der Waals surface area contributed by atoms with E-state index in [1.54, 1.807) is 55.4 Å². The fraction of sp³-hybridized carbons (Fsp3) is 0.742. The van der Waals surface area contributed by atoms with Gasteiger partial charge in [0, 0.05) is 44.9 Å². The molecule has 0 heterocycles. The number of carboxylic acid groups (broad SMARTS) is 2. The molecule has 0 aromatic heterocycles. The van der Waals surface area contributed by atoms with Gasteiger partial charge in [-0.25, -0.2) is 4.79 Å². The van der Waals surface area contributed by atoms with Crippen molar-refractivity contribution in [3.63, 3.8) is 0 Å². The van der Waals surface area contributed by atoms with Gasteiger partial charge in [-0.2, -0.15) is 0 Å². The Kier molecular flexibility index (Phi) is 73.5. The van der Waals surface area contributed by atoms with Crippen LogP contribution in [0.2, 0.25) is 0 Å². The van der Waals surface area contributed by atoms with Gasteiger partial charge in [0.2, 0.25) is 13.6 Å². The maximum atomic E-state index is 11.2. The molecule has 0 spiro atoms. The number of ketones is 4. The maximum Gasteiger partial charge on any atom is 0.511 e. The van der Waals surface area contributed by atoms with Crippen LogP contribution in [0.1, 0.15) is 212 Å². The lowest BCUT2D eigenvalue weighted by Gasteiger charge is -2.16. The monoisotopic (exact) mass is 1450 g/mol. The fourth-order valence-electron chi connectivity index (χ4n) is 5.31. The van der Waals surface area contributed by atoms with E-state index in [9.17, 15) is 81.5 Å². The van der Waals surface area contributed by atoms with Gasteiger partial charge in [-0.15, -0.1) is 0 Å². The molecule has 0 aromatic carbocycles. The summed E-state index contributed by atoms with van der Waals surface area (Å²) in [6.45, 7) is 23.1. The van der Waals surface area contributed by atoms with E-state index in [4.69, 9.17) is 62.3 Å². The predicted octanol–water partition coefficient (Wildman–Crippen LogP) is 6.94. The SMILES string of the molecule is CC(=O)CCC(=O)OCCOCCOC(=O)CCC(=O)O.CC(=O)CCC(=O)OCOC(=O)C(C)(C)C.CC(=O)CCC(=O)OCOC(=O)OC(C)C.CCC(=O)OCCOCCOC(=O)CC.CCC(=O)OCCOCCOC(=O)CCC(=O)O.CCCCCCOC(=O)CCC(C)=O. The van der Waals surface area contributed by atoms with E-state index in [2.05, 4.69) is 25.9 Å². The van der Waals surface area contributed by atoms with Gasteiger partial charge in [0.05, 0.1) is 109 Å². The molecule has 0 aliphatic heterocycles. The van der Waals surface area contributed by atoms with Crippen LogP contribution in [0, 0.1) is 5.41 Å². The number of hydrogen-bond donors (Lipinski definition) is 2. The summed E-state index contributed by atoms with van der Waals surface area (Å²) < 4.78 is 71.5. The highest BCUT2D eigenvalue weighted by Crippen LogP contribution is 2.15. The van der Waals surface area contributed by atoms with Gasteiger partial charge in [0.15, 0.2) is 0 Å². The molecule has 0 radical (unpaired) electrons. The van der Waals surface area contributed by atoms with Crippen LogP contribution in [0.5, 0.6) is 0 Å². The summed E-state index contributed by atoms with van der Waals surface area (Å²) >= 11 is 0. The van der Waals surface area contributed by atoms with Crippen molar-refractivity contribution < 1.29 is 163 Å². The first-order valence-corrected chi connectivity index (χ1v) is 32.5. The Labute approximate surface area is 585 Å². The number of hydrogen-bond acceptors (Lipinski definition) is 32. The Bertz CT molecular complexity index is 2300. The summed E-state index contributed by atoms with van der Waals surface area (Å²) in [6.07, 6.45) is 4.44. The lowest BCUT2D eigenvalue weighted by Crippen LogP contribution is -2.24. The summed E-state index contributed by atoms with van der Waals surface area (Å²) in [5.41, 5.74) is -0.619. The van der Waals surface area contributed by atoms with Crippen molar-refractivity contribution in [1.29, 1.82) is 0 Å². The summed E-state index contributed by atoms with van der Waals surface area (Å²) in [5.74, 6) is -6.56. The molecule has 0 bridgehead atoms. The van der Waals surface area contributed by atoms with E-state index < -0.39 is 72.9 Å². The second-order valence-electron chi connectivity index (χ2n) is 21.6. The van der Waals surface area contributed by atoms with E-state index in [1.807, 2.05) is 0 Å². The third-order valence-corrected chi connectivity index (χ3v) is 10.6. The van der Waals surface area contributed by atoms with Crippen LogP contribution in [-0.2, 0) is 148 Å². The Balaban J connectivity index is -0.000000266. The average Bonchev–Trinajstić information content (AvgIpc) is 1.01. The molecule has 0 unspecified atom stereocenters. The first kappa shape index (κ1) is 102. The molecule has 0 aliphatic rings. The van der Waals surface area contributed by atoms with Crippen molar-refractivity contribution in [2.24, 2.45) is 5.41 Å². The lowest BCUT2D eigenvalue weighted by molar-refractivity contribution is -0.173. The van der Waals surface area contributed by atoms with Crippen molar-refractivity contribution in [3.05, 3.63) is 0 Å². The quantitative estimate of drug-likeness (QED) is 0.0269. The molecule has 0 rings (SSSR count). The molecule has 0 aromatic rings. The van der Waals surface area contributed by atoms with Crippen molar-refractivity contribution >= 4 is 101 Å². The zero-order chi connectivity index (χ0) is 77.5. The number of carboxylic acids is 2. The normalized spacial score (nSPS) is 9.98.